The Morgan fingerprint density at radius 1 is 1.56 bits per heavy atom. The van der Waals surface area contributed by atoms with Gasteiger partial charge in [-0.05, 0) is 25.2 Å². The predicted molar refractivity (Wildman–Crippen MR) is 58.5 cm³/mol. The first-order valence-corrected chi connectivity index (χ1v) is 4.97. The van der Waals surface area contributed by atoms with Gasteiger partial charge in [0, 0.05) is 12.1 Å². The van der Waals surface area contributed by atoms with Crippen LogP contribution < -0.4 is 15.8 Å². The Hall–Kier alpha value is -1.62. The fourth-order valence-electron chi connectivity index (χ4n) is 1.28. The number of carbonyl (C=O) groups excluding carboxylic acids is 1. The van der Waals surface area contributed by atoms with E-state index in [1.54, 1.807) is 13.1 Å². The van der Waals surface area contributed by atoms with Gasteiger partial charge in [-0.3, -0.25) is 4.79 Å². The molecule has 0 heterocycles. The van der Waals surface area contributed by atoms with E-state index in [0.29, 0.717) is 17.9 Å². The van der Waals surface area contributed by atoms with E-state index in [4.69, 9.17) is 10.5 Å². The molecule has 16 heavy (non-hydrogen) atoms. The van der Waals surface area contributed by atoms with E-state index < -0.39 is 5.91 Å². The molecule has 0 unspecified atom stereocenters. The molecule has 1 aromatic rings. The minimum absolute atomic E-state index is 0.149. The minimum atomic E-state index is -0.419. The molecule has 0 saturated carbocycles. The maximum atomic E-state index is 13.0. The van der Waals surface area contributed by atoms with Crippen LogP contribution >= 0.6 is 0 Å². The molecule has 0 radical (unpaired) electrons. The number of benzene rings is 1. The van der Waals surface area contributed by atoms with E-state index >= 15 is 0 Å². The fraction of sp³-hybridized carbons (Fsp3) is 0.364. The van der Waals surface area contributed by atoms with Crippen molar-refractivity contribution in [1.82, 2.24) is 5.32 Å². The van der Waals surface area contributed by atoms with Gasteiger partial charge >= 0.3 is 0 Å². The van der Waals surface area contributed by atoms with Crippen molar-refractivity contribution >= 4 is 5.91 Å². The molecule has 1 rings (SSSR count). The van der Waals surface area contributed by atoms with Gasteiger partial charge in [0.05, 0.1) is 13.0 Å². The summed E-state index contributed by atoms with van der Waals surface area (Å²) in [5, 5.41) is 2.91. The summed E-state index contributed by atoms with van der Waals surface area (Å²) in [7, 11) is 1.76. The topological polar surface area (TPSA) is 64.3 Å². The van der Waals surface area contributed by atoms with E-state index in [-0.39, 0.29) is 18.8 Å². The van der Waals surface area contributed by atoms with Crippen LogP contribution in [0.1, 0.15) is 12.0 Å². The summed E-state index contributed by atoms with van der Waals surface area (Å²) in [6, 6.07) is 4.26. The molecule has 0 aliphatic heterocycles. The average Bonchev–Trinajstić information content (AvgIpc) is 2.21. The summed E-state index contributed by atoms with van der Waals surface area (Å²) in [5.41, 5.74) is 5.70. The maximum Gasteiger partial charge on any atom is 0.220 e. The highest BCUT2D eigenvalue weighted by Gasteiger charge is 2.05. The molecule has 0 aliphatic rings. The number of hydrogen-bond donors (Lipinski definition) is 2. The van der Waals surface area contributed by atoms with Crippen molar-refractivity contribution in [2.24, 2.45) is 5.73 Å². The Bertz CT molecular complexity index is 369. The molecule has 1 aromatic carbocycles. The van der Waals surface area contributed by atoms with Gasteiger partial charge < -0.3 is 15.8 Å². The average molecular weight is 226 g/mol. The van der Waals surface area contributed by atoms with E-state index in [2.05, 4.69) is 5.32 Å². The van der Waals surface area contributed by atoms with Gasteiger partial charge in [-0.15, -0.1) is 0 Å². The van der Waals surface area contributed by atoms with Crippen molar-refractivity contribution < 1.29 is 13.9 Å². The first-order valence-electron chi connectivity index (χ1n) is 4.97. The molecule has 0 fully saturated rings. The zero-order chi connectivity index (χ0) is 12.0. The van der Waals surface area contributed by atoms with Crippen LogP contribution in [0.5, 0.6) is 5.75 Å². The van der Waals surface area contributed by atoms with Gasteiger partial charge in [-0.25, -0.2) is 4.39 Å². The summed E-state index contributed by atoms with van der Waals surface area (Å²) < 4.78 is 18.3. The second kappa shape index (κ2) is 6.07. The Kier molecular flexibility index (Phi) is 4.72. The van der Waals surface area contributed by atoms with Crippen LogP contribution in [0.25, 0.3) is 0 Å². The fourth-order valence-corrected chi connectivity index (χ4v) is 1.28. The molecule has 0 atom stereocenters. The predicted octanol–water partition coefficient (Wildman–Crippen LogP) is 0.799. The summed E-state index contributed by atoms with van der Waals surface area (Å²) in [5.74, 6) is -0.165. The summed E-state index contributed by atoms with van der Waals surface area (Å²) in [6.45, 7) is 0.710. The van der Waals surface area contributed by atoms with Crippen LogP contribution in [0.4, 0.5) is 4.39 Å². The van der Waals surface area contributed by atoms with Crippen LogP contribution in [0.2, 0.25) is 0 Å². The number of nitrogens with one attached hydrogen (secondary N) is 1. The molecule has 3 N–H and O–H groups in total. The standard InChI is InChI=1S/C11H15FN2O2/c1-14-7-8-6-9(12)2-3-10(8)16-5-4-11(13)15/h2-3,6,14H,4-5,7H2,1H3,(H2,13,15). The van der Waals surface area contributed by atoms with Gasteiger partial charge in [-0.1, -0.05) is 0 Å². The lowest BCUT2D eigenvalue weighted by atomic mass is 10.2. The summed E-state index contributed by atoms with van der Waals surface area (Å²) >= 11 is 0. The van der Waals surface area contributed by atoms with Gasteiger partial charge in [-0.2, -0.15) is 0 Å². The lowest BCUT2D eigenvalue weighted by Gasteiger charge is -2.10. The third kappa shape index (κ3) is 3.86. The van der Waals surface area contributed by atoms with Crippen LogP contribution in [0.15, 0.2) is 18.2 Å². The molecule has 0 aromatic heterocycles. The minimum Gasteiger partial charge on any atom is -0.493 e. The van der Waals surface area contributed by atoms with E-state index in [1.807, 2.05) is 0 Å². The lowest BCUT2D eigenvalue weighted by molar-refractivity contribution is -0.118. The lowest BCUT2D eigenvalue weighted by Crippen LogP contribution is -2.15. The largest absolute Gasteiger partial charge is 0.493 e. The molecular weight excluding hydrogens is 211 g/mol. The SMILES string of the molecule is CNCc1cc(F)ccc1OCCC(N)=O. The molecule has 88 valence electrons. The van der Waals surface area contributed by atoms with E-state index in [0.717, 1.165) is 0 Å². The smallest absolute Gasteiger partial charge is 0.220 e. The normalized spacial score (nSPS) is 10.1. The van der Waals surface area contributed by atoms with Gasteiger partial charge in [0.25, 0.3) is 0 Å². The van der Waals surface area contributed by atoms with Crippen LogP contribution in [0.3, 0.4) is 0 Å². The number of ether oxygens (including phenoxy) is 1. The number of primary amides is 1. The molecule has 0 aliphatic carbocycles. The highest BCUT2D eigenvalue weighted by Crippen LogP contribution is 2.19. The van der Waals surface area contributed by atoms with Crippen molar-refractivity contribution in [3.8, 4) is 5.75 Å². The maximum absolute atomic E-state index is 13.0. The Balaban J connectivity index is 2.66. The zero-order valence-corrected chi connectivity index (χ0v) is 9.13. The third-order valence-electron chi connectivity index (χ3n) is 2.00. The first-order chi connectivity index (χ1) is 7.63. The van der Waals surface area contributed by atoms with Crippen molar-refractivity contribution in [3.05, 3.63) is 29.6 Å². The van der Waals surface area contributed by atoms with Gasteiger partial charge in [0.15, 0.2) is 0 Å². The molecular formula is C11H15FN2O2. The number of hydrogen-bond acceptors (Lipinski definition) is 3. The first kappa shape index (κ1) is 12.4. The number of amides is 1. The number of halogens is 1. The molecule has 5 heteroatoms. The van der Waals surface area contributed by atoms with Crippen molar-refractivity contribution in [1.29, 1.82) is 0 Å². The third-order valence-corrected chi connectivity index (χ3v) is 2.00. The molecule has 0 bridgehead atoms. The van der Waals surface area contributed by atoms with Crippen LogP contribution in [0, 0.1) is 5.82 Å². The zero-order valence-electron chi connectivity index (χ0n) is 9.13. The quantitative estimate of drug-likeness (QED) is 0.754. The second-order valence-corrected chi connectivity index (χ2v) is 3.35. The Morgan fingerprint density at radius 2 is 2.31 bits per heavy atom. The molecule has 0 saturated heterocycles. The monoisotopic (exact) mass is 226 g/mol. The molecule has 1 amide bonds. The molecule has 4 nitrogen and oxygen atoms in total. The number of carbonyl (C=O) groups is 1. The van der Waals surface area contributed by atoms with Crippen molar-refractivity contribution in [3.63, 3.8) is 0 Å². The molecule has 0 spiro atoms. The highest BCUT2D eigenvalue weighted by atomic mass is 19.1. The highest BCUT2D eigenvalue weighted by molar-refractivity contribution is 5.73. The number of rotatable bonds is 6. The van der Waals surface area contributed by atoms with E-state index in [1.165, 1.54) is 12.1 Å². The van der Waals surface area contributed by atoms with Crippen molar-refractivity contribution in [2.75, 3.05) is 13.7 Å². The van der Waals surface area contributed by atoms with E-state index in [9.17, 15) is 9.18 Å². The summed E-state index contributed by atoms with van der Waals surface area (Å²) in [6.07, 6.45) is 0.149. The van der Waals surface area contributed by atoms with Crippen LogP contribution in [-0.4, -0.2) is 19.6 Å². The van der Waals surface area contributed by atoms with Crippen LogP contribution in [-0.2, 0) is 11.3 Å². The second-order valence-electron chi connectivity index (χ2n) is 3.35. The summed E-state index contributed by atoms with van der Waals surface area (Å²) in [4.78, 5) is 10.5. The van der Waals surface area contributed by atoms with Crippen molar-refractivity contribution in [2.45, 2.75) is 13.0 Å². The Morgan fingerprint density at radius 3 is 2.94 bits per heavy atom. The Labute approximate surface area is 93.6 Å². The number of nitrogens with two attached hydrogens (primary N) is 1. The van der Waals surface area contributed by atoms with Gasteiger partial charge in [0.1, 0.15) is 11.6 Å². The van der Waals surface area contributed by atoms with Gasteiger partial charge in [0.2, 0.25) is 5.91 Å².